The third-order valence-corrected chi connectivity index (χ3v) is 0. The molecule has 0 aromatic carbocycles. The maximum Gasteiger partial charge on any atom is 1.00 e. The van der Waals surface area contributed by atoms with Crippen LogP contribution in [0.5, 0.6) is 0 Å². The fourth-order valence-corrected chi connectivity index (χ4v) is 0. The predicted molar refractivity (Wildman–Crippen MR) is 19.7 cm³/mol. The summed E-state index contributed by atoms with van der Waals surface area (Å²) in [4.78, 5) is 17.1. The van der Waals surface area contributed by atoms with E-state index in [1.165, 1.54) is 0 Å². The van der Waals surface area contributed by atoms with E-state index in [0.29, 0.717) is 6.08 Å². The van der Waals surface area contributed by atoms with Gasteiger partial charge in [0.25, 0.3) is 0 Å². The maximum absolute atomic E-state index is 8.89. The molecule has 0 saturated heterocycles. The summed E-state index contributed by atoms with van der Waals surface area (Å²) in [7, 11) is 0. The summed E-state index contributed by atoms with van der Waals surface area (Å²) < 4.78 is 0. The van der Waals surface area contributed by atoms with E-state index >= 15 is 0 Å². The molecule has 0 unspecified atom stereocenters. The van der Waals surface area contributed by atoms with Crippen LogP contribution in [0.15, 0.2) is 0 Å². The molecule has 0 N–H and O–H groups in total. The molecule has 0 aromatic rings. The van der Waals surface area contributed by atoms with Gasteiger partial charge in [-0.05, 0) is 13.0 Å². The molecular formula is C3H3K2NO3. The fraction of sp³-hybridized carbons (Fsp3) is 0.333. The number of carboxylic acid groups (broad SMARTS) is 1. The van der Waals surface area contributed by atoms with Gasteiger partial charge in [0.05, 0.1) is 0 Å². The molecule has 0 heterocycles. The summed E-state index contributed by atoms with van der Waals surface area (Å²) in [5, 5.41) is 15.7. The van der Waals surface area contributed by atoms with Crippen molar-refractivity contribution in [1.82, 2.24) is 0 Å². The molecule has 9 heavy (non-hydrogen) atoms. The summed E-state index contributed by atoms with van der Waals surface area (Å²) in [6, 6.07) is 0. The number of hydrogen-bond acceptors (Lipinski definition) is 3. The number of rotatable bonds is 0. The monoisotopic (exact) mass is 179 g/mol. The summed E-state index contributed by atoms with van der Waals surface area (Å²) >= 11 is 0. The second-order valence-corrected chi connectivity index (χ2v) is 0.583. The smallest absolute Gasteiger partial charge is 0.724 e. The maximum atomic E-state index is 8.89. The molecule has 0 amide bonds. The number of hydrogen-bond donors (Lipinski definition) is 0. The van der Waals surface area contributed by atoms with Crippen molar-refractivity contribution < 1.29 is 117 Å². The van der Waals surface area contributed by atoms with Crippen LogP contribution in [-0.4, -0.2) is 12.0 Å². The van der Waals surface area contributed by atoms with Crippen molar-refractivity contribution in [3.05, 3.63) is 5.41 Å². The largest absolute Gasteiger partial charge is 1.00 e. The van der Waals surface area contributed by atoms with Gasteiger partial charge >= 0.3 is 103 Å². The van der Waals surface area contributed by atoms with Gasteiger partial charge in [0.15, 0.2) is 0 Å². The van der Waals surface area contributed by atoms with Gasteiger partial charge in [0.2, 0.25) is 0 Å². The van der Waals surface area contributed by atoms with Gasteiger partial charge < -0.3 is 15.3 Å². The van der Waals surface area contributed by atoms with Crippen molar-refractivity contribution in [2.24, 2.45) is 0 Å². The van der Waals surface area contributed by atoms with Crippen LogP contribution in [0.2, 0.25) is 0 Å². The molecule has 0 rings (SSSR count). The molecule has 0 spiro atoms. The Morgan fingerprint density at radius 3 is 1.56 bits per heavy atom. The Hall–Kier alpha value is 2.12. The minimum atomic E-state index is -1.08. The van der Waals surface area contributed by atoms with Crippen molar-refractivity contribution in [2.75, 3.05) is 0 Å². The summed E-state index contributed by atoms with van der Waals surface area (Å²) in [6.07, 6.45) is 0.500. The SMILES string of the molecule is CC(=O)[O-].[K+].[K+].[N-]=C=O. The second-order valence-electron chi connectivity index (χ2n) is 0.583. The van der Waals surface area contributed by atoms with Crippen molar-refractivity contribution in [3.63, 3.8) is 0 Å². The Kier molecular flexibility index (Phi) is 56.1. The Balaban J connectivity index is -0.0000000233. The first-order chi connectivity index (χ1) is 3.15. The number of carbonyl (C=O) groups excluding carboxylic acids is 2. The molecule has 0 aliphatic heterocycles. The van der Waals surface area contributed by atoms with Crippen LogP contribution >= 0.6 is 0 Å². The molecule has 0 atom stereocenters. The van der Waals surface area contributed by atoms with Gasteiger partial charge in [0, 0.05) is 5.97 Å². The van der Waals surface area contributed by atoms with E-state index in [1.807, 2.05) is 0 Å². The number of nitrogens with zero attached hydrogens (tertiary/aromatic N) is 1. The first kappa shape index (κ1) is 22.5. The number of isocyanates is 1. The van der Waals surface area contributed by atoms with Gasteiger partial charge in [-0.15, -0.1) is 0 Å². The van der Waals surface area contributed by atoms with Gasteiger partial charge in [-0.1, -0.05) is 0 Å². The summed E-state index contributed by atoms with van der Waals surface area (Å²) in [6.45, 7) is 0.972. The molecule has 40 valence electrons. The van der Waals surface area contributed by atoms with Crippen LogP contribution in [0.3, 0.4) is 0 Å². The molecule has 0 fully saturated rings. The number of aliphatic carboxylic acids is 1. The normalized spacial score (nSPS) is 3.67. The minimum Gasteiger partial charge on any atom is -0.724 e. The molecule has 0 aliphatic carbocycles. The molecule has 4 nitrogen and oxygen atoms in total. The van der Waals surface area contributed by atoms with E-state index in [0.717, 1.165) is 6.92 Å². The van der Waals surface area contributed by atoms with Crippen LogP contribution in [0.1, 0.15) is 6.92 Å². The Labute approximate surface area is 138 Å². The van der Waals surface area contributed by atoms with Gasteiger partial charge in [-0.3, -0.25) is 4.79 Å². The molecular weight excluding hydrogens is 176 g/mol. The molecule has 0 radical (unpaired) electrons. The molecule has 0 saturated carbocycles. The van der Waals surface area contributed by atoms with E-state index in [-0.39, 0.29) is 103 Å². The van der Waals surface area contributed by atoms with Crippen molar-refractivity contribution >= 4 is 12.0 Å². The van der Waals surface area contributed by atoms with Gasteiger partial charge in [0.1, 0.15) is 0 Å². The molecule has 0 bridgehead atoms. The first-order valence-electron chi connectivity index (χ1n) is 1.34. The van der Waals surface area contributed by atoms with E-state index in [2.05, 4.69) is 0 Å². The van der Waals surface area contributed by atoms with E-state index in [1.54, 1.807) is 0 Å². The van der Waals surface area contributed by atoms with Gasteiger partial charge in [-0.2, -0.15) is 0 Å². The number of carboxylic acids is 1. The average molecular weight is 179 g/mol. The predicted octanol–water partition coefficient (Wildman–Crippen LogP) is -7.34. The van der Waals surface area contributed by atoms with Crippen LogP contribution in [0.25, 0.3) is 5.41 Å². The Bertz CT molecular complexity index is 85.1. The topological polar surface area (TPSA) is 79.5 Å². The fourth-order valence-electron chi connectivity index (χ4n) is 0. The molecule has 6 heteroatoms. The zero-order chi connectivity index (χ0) is 6.28. The number of carbonyl (C=O) groups is 1. The standard InChI is InChI=1S/C2H4O2.CNO.2K/c1-2(3)4;2-1-3;;/h1H3,(H,3,4);;;/q;-1;2*+1/p-1. The third kappa shape index (κ3) is 148. The average Bonchev–Trinajstić information content (AvgIpc) is 1.33. The summed E-state index contributed by atoms with van der Waals surface area (Å²) in [5.41, 5.74) is 0. The first-order valence-corrected chi connectivity index (χ1v) is 1.34. The van der Waals surface area contributed by atoms with Crippen LogP contribution in [0.4, 0.5) is 0 Å². The van der Waals surface area contributed by atoms with Crippen molar-refractivity contribution in [2.45, 2.75) is 6.92 Å². The van der Waals surface area contributed by atoms with E-state index in [9.17, 15) is 0 Å². The Morgan fingerprint density at radius 1 is 1.56 bits per heavy atom. The van der Waals surface area contributed by atoms with Crippen LogP contribution < -0.4 is 108 Å². The van der Waals surface area contributed by atoms with E-state index < -0.39 is 5.97 Å². The zero-order valence-electron chi connectivity index (χ0n) is 5.67. The van der Waals surface area contributed by atoms with Crippen LogP contribution in [-0.2, 0) is 9.59 Å². The van der Waals surface area contributed by atoms with Crippen LogP contribution in [0, 0.1) is 0 Å². The summed E-state index contributed by atoms with van der Waals surface area (Å²) in [5.74, 6) is -1.08. The Morgan fingerprint density at radius 2 is 1.56 bits per heavy atom. The third-order valence-electron chi connectivity index (χ3n) is 0. The van der Waals surface area contributed by atoms with Crippen molar-refractivity contribution in [3.8, 4) is 0 Å². The zero-order valence-corrected chi connectivity index (χ0v) is 11.9. The molecule has 0 aliphatic rings. The van der Waals surface area contributed by atoms with Gasteiger partial charge in [-0.25, -0.2) is 0 Å². The van der Waals surface area contributed by atoms with E-state index in [4.69, 9.17) is 20.1 Å². The quantitative estimate of drug-likeness (QED) is 0.210. The second kappa shape index (κ2) is 22.5. The van der Waals surface area contributed by atoms with Crippen molar-refractivity contribution in [1.29, 1.82) is 0 Å². The molecule has 0 aromatic heterocycles. The minimum absolute atomic E-state index is 0.